The third kappa shape index (κ3) is 5.25. The molecule has 1 amide bonds. The normalized spacial score (nSPS) is 10.0. The maximum absolute atomic E-state index is 11.5. The lowest BCUT2D eigenvalue weighted by atomic mass is 10.5. The van der Waals surface area contributed by atoms with Crippen LogP contribution in [-0.2, 0) is 4.79 Å². The maximum Gasteiger partial charge on any atom is 0.323 e. The summed E-state index contributed by atoms with van der Waals surface area (Å²) in [5, 5.41) is 5.93. The van der Waals surface area contributed by atoms with Crippen LogP contribution in [0.1, 0.15) is 20.3 Å². The Bertz CT molecular complexity index is 438. The van der Waals surface area contributed by atoms with Crippen molar-refractivity contribution in [3.05, 3.63) is 0 Å². The number of rotatable bonds is 8. The van der Waals surface area contributed by atoms with E-state index in [1.54, 1.807) is 14.1 Å². The molecule has 0 radical (unpaired) electrons. The van der Waals surface area contributed by atoms with Crippen LogP contribution in [0.4, 0.5) is 11.9 Å². The SMILES string of the molecule is CCCNc1nc(NCC(=O)N(C)C)nc(OCC)n1. The predicted octanol–water partition coefficient (Wildman–Crippen LogP) is 0.592. The maximum atomic E-state index is 11.5. The summed E-state index contributed by atoms with van der Waals surface area (Å²) >= 11 is 0. The van der Waals surface area contributed by atoms with E-state index < -0.39 is 0 Å². The van der Waals surface area contributed by atoms with Crippen molar-refractivity contribution in [2.45, 2.75) is 20.3 Å². The number of nitrogens with one attached hydrogen (secondary N) is 2. The van der Waals surface area contributed by atoms with Crippen LogP contribution in [0.15, 0.2) is 0 Å². The van der Waals surface area contributed by atoms with Gasteiger partial charge in [0.25, 0.3) is 0 Å². The number of amides is 1. The van der Waals surface area contributed by atoms with Crippen molar-refractivity contribution < 1.29 is 9.53 Å². The molecule has 8 heteroatoms. The summed E-state index contributed by atoms with van der Waals surface area (Å²) < 4.78 is 5.28. The van der Waals surface area contributed by atoms with Gasteiger partial charge in [-0.2, -0.15) is 15.0 Å². The van der Waals surface area contributed by atoms with Crippen LogP contribution in [0.5, 0.6) is 6.01 Å². The molecule has 0 aliphatic rings. The summed E-state index contributed by atoms with van der Waals surface area (Å²) in [7, 11) is 3.38. The molecule has 1 aromatic heterocycles. The first-order valence-corrected chi connectivity index (χ1v) is 6.63. The lowest BCUT2D eigenvalue weighted by Gasteiger charge is -2.12. The Labute approximate surface area is 119 Å². The summed E-state index contributed by atoms with van der Waals surface area (Å²) in [5.41, 5.74) is 0. The number of carbonyl (C=O) groups excluding carboxylic acids is 1. The van der Waals surface area contributed by atoms with E-state index in [1.165, 1.54) is 4.90 Å². The second kappa shape index (κ2) is 8.13. The zero-order valence-electron chi connectivity index (χ0n) is 12.4. The topological polar surface area (TPSA) is 92.3 Å². The van der Waals surface area contributed by atoms with Crippen LogP contribution in [-0.4, -0.2) is 59.6 Å². The van der Waals surface area contributed by atoms with Gasteiger partial charge in [0.05, 0.1) is 13.2 Å². The predicted molar refractivity (Wildman–Crippen MR) is 77.0 cm³/mol. The number of hydrogen-bond donors (Lipinski definition) is 2. The lowest BCUT2D eigenvalue weighted by molar-refractivity contribution is -0.126. The molecule has 8 nitrogen and oxygen atoms in total. The largest absolute Gasteiger partial charge is 0.464 e. The lowest BCUT2D eigenvalue weighted by Crippen LogP contribution is -2.29. The highest BCUT2D eigenvalue weighted by molar-refractivity contribution is 5.79. The Hall–Kier alpha value is -2.12. The summed E-state index contributed by atoms with van der Waals surface area (Å²) in [6.45, 7) is 5.24. The molecular formula is C12H22N6O2. The van der Waals surface area contributed by atoms with Crippen LogP contribution in [0.2, 0.25) is 0 Å². The summed E-state index contributed by atoms with van der Waals surface area (Å²) in [6, 6.07) is 0.237. The van der Waals surface area contributed by atoms with Gasteiger partial charge in [-0.05, 0) is 13.3 Å². The number of carbonyl (C=O) groups is 1. The third-order valence-electron chi connectivity index (χ3n) is 2.32. The van der Waals surface area contributed by atoms with E-state index >= 15 is 0 Å². The summed E-state index contributed by atoms with van der Waals surface area (Å²) in [6.07, 6.45) is 0.956. The van der Waals surface area contributed by atoms with Gasteiger partial charge in [-0.15, -0.1) is 0 Å². The molecule has 1 rings (SSSR count). The molecule has 0 aliphatic heterocycles. The van der Waals surface area contributed by atoms with Gasteiger partial charge in [-0.1, -0.05) is 6.92 Å². The first kappa shape index (κ1) is 15.9. The molecule has 0 saturated carbocycles. The molecule has 112 valence electrons. The van der Waals surface area contributed by atoms with Gasteiger partial charge >= 0.3 is 6.01 Å². The van der Waals surface area contributed by atoms with Crippen molar-refractivity contribution in [2.24, 2.45) is 0 Å². The second-order valence-electron chi connectivity index (χ2n) is 4.27. The molecule has 2 N–H and O–H groups in total. The van der Waals surface area contributed by atoms with Gasteiger partial charge in [0.2, 0.25) is 17.8 Å². The fourth-order valence-corrected chi connectivity index (χ4v) is 1.26. The minimum Gasteiger partial charge on any atom is -0.464 e. The van der Waals surface area contributed by atoms with E-state index in [0.717, 1.165) is 13.0 Å². The number of ether oxygens (including phenoxy) is 1. The van der Waals surface area contributed by atoms with Gasteiger partial charge in [0.1, 0.15) is 0 Å². The minimum atomic E-state index is -0.0635. The molecule has 0 spiro atoms. The molecule has 0 bridgehead atoms. The highest BCUT2D eigenvalue weighted by atomic mass is 16.5. The van der Waals surface area contributed by atoms with Gasteiger partial charge in [0, 0.05) is 20.6 Å². The van der Waals surface area contributed by atoms with Crippen molar-refractivity contribution >= 4 is 17.8 Å². The highest BCUT2D eigenvalue weighted by Gasteiger charge is 2.09. The fourth-order valence-electron chi connectivity index (χ4n) is 1.26. The monoisotopic (exact) mass is 282 g/mol. The first-order valence-electron chi connectivity index (χ1n) is 6.63. The number of anilines is 2. The van der Waals surface area contributed by atoms with Gasteiger partial charge in [0.15, 0.2) is 0 Å². The standard InChI is InChI=1S/C12H22N6O2/c1-5-7-13-10-15-11(14-8-9(19)18(3)4)17-12(16-10)20-6-2/h5-8H2,1-4H3,(H2,13,14,15,16,17). The second-order valence-corrected chi connectivity index (χ2v) is 4.27. The van der Waals surface area contributed by atoms with Gasteiger partial charge < -0.3 is 20.3 Å². The van der Waals surface area contributed by atoms with Crippen molar-refractivity contribution in [3.8, 4) is 6.01 Å². The average Bonchev–Trinajstić information content (AvgIpc) is 2.42. The molecule has 20 heavy (non-hydrogen) atoms. The molecule has 0 atom stereocenters. The van der Waals surface area contributed by atoms with Crippen LogP contribution < -0.4 is 15.4 Å². The van der Waals surface area contributed by atoms with E-state index in [4.69, 9.17) is 4.74 Å². The van der Waals surface area contributed by atoms with Crippen molar-refractivity contribution in [2.75, 3.05) is 44.4 Å². The quantitative estimate of drug-likeness (QED) is 0.721. The van der Waals surface area contributed by atoms with Gasteiger partial charge in [-0.25, -0.2) is 0 Å². The van der Waals surface area contributed by atoms with Crippen molar-refractivity contribution in [1.82, 2.24) is 19.9 Å². The molecule has 1 aromatic rings. The Kier molecular flexibility index (Phi) is 6.48. The Balaban J connectivity index is 2.76. The number of likely N-dealkylation sites (N-methyl/N-ethyl adjacent to an activating group) is 1. The zero-order valence-corrected chi connectivity index (χ0v) is 12.4. The minimum absolute atomic E-state index is 0.0635. The fraction of sp³-hybridized carbons (Fsp3) is 0.667. The third-order valence-corrected chi connectivity index (χ3v) is 2.32. The first-order chi connectivity index (χ1) is 9.56. The summed E-state index contributed by atoms with van der Waals surface area (Å²) in [5.74, 6) is 0.689. The molecule has 0 aromatic carbocycles. The highest BCUT2D eigenvalue weighted by Crippen LogP contribution is 2.11. The Morgan fingerprint density at radius 1 is 1.15 bits per heavy atom. The molecule has 1 heterocycles. The molecular weight excluding hydrogens is 260 g/mol. The summed E-state index contributed by atoms with van der Waals surface area (Å²) in [4.78, 5) is 25.4. The number of aromatic nitrogens is 3. The smallest absolute Gasteiger partial charge is 0.323 e. The Morgan fingerprint density at radius 2 is 1.80 bits per heavy atom. The van der Waals surface area contributed by atoms with E-state index in [9.17, 15) is 4.79 Å². The molecule has 0 fully saturated rings. The van der Waals surface area contributed by atoms with Crippen molar-refractivity contribution in [1.29, 1.82) is 0 Å². The molecule has 0 aliphatic carbocycles. The van der Waals surface area contributed by atoms with Crippen LogP contribution >= 0.6 is 0 Å². The number of nitrogens with zero attached hydrogens (tertiary/aromatic N) is 4. The number of hydrogen-bond acceptors (Lipinski definition) is 7. The van der Waals surface area contributed by atoms with Crippen LogP contribution in [0.25, 0.3) is 0 Å². The van der Waals surface area contributed by atoms with E-state index in [1.807, 2.05) is 13.8 Å². The van der Waals surface area contributed by atoms with E-state index in [0.29, 0.717) is 18.5 Å². The molecule has 0 saturated heterocycles. The zero-order chi connectivity index (χ0) is 15.0. The Morgan fingerprint density at radius 3 is 2.35 bits per heavy atom. The average molecular weight is 282 g/mol. The van der Waals surface area contributed by atoms with Crippen molar-refractivity contribution in [3.63, 3.8) is 0 Å². The molecule has 0 unspecified atom stereocenters. The van der Waals surface area contributed by atoms with E-state index in [-0.39, 0.29) is 18.5 Å². The van der Waals surface area contributed by atoms with Crippen LogP contribution in [0, 0.1) is 0 Å². The van der Waals surface area contributed by atoms with E-state index in [2.05, 4.69) is 25.6 Å². The van der Waals surface area contributed by atoms with Crippen LogP contribution in [0.3, 0.4) is 0 Å². The van der Waals surface area contributed by atoms with Gasteiger partial charge in [-0.3, -0.25) is 4.79 Å².